The molecule has 0 radical (unpaired) electrons. The Labute approximate surface area is 131 Å². The highest BCUT2D eigenvalue weighted by atomic mass is 32.2. The van der Waals surface area contributed by atoms with Crippen molar-refractivity contribution in [1.29, 1.82) is 0 Å². The zero-order chi connectivity index (χ0) is 14.9. The summed E-state index contributed by atoms with van der Waals surface area (Å²) in [7, 11) is 0. The van der Waals surface area contributed by atoms with Crippen molar-refractivity contribution in [2.45, 2.75) is 19.1 Å². The number of aryl methyl sites for hydroxylation is 1. The Morgan fingerprint density at radius 1 is 1.05 bits per heavy atom. The quantitative estimate of drug-likeness (QED) is 0.753. The molecule has 112 valence electrons. The largest absolute Gasteiger partial charge is 0.493 e. The molecule has 2 aromatic rings. The molecule has 0 heterocycles. The third kappa shape index (κ3) is 5.44. The standard InChI is InChI=1S/C18H23NOS/c1-15-4-2-3-5-17(15)14-21-13-12-20-18-8-6-16(7-9-18)10-11-19/h2-9H,10-14,19H2,1H3. The monoisotopic (exact) mass is 301 g/mol. The van der Waals surface area contributed by atoms with Gasteiger partial charge in [0.25, 0.3) is 0 Å². The summed E-state index contributed by atoms with van der Waals surface area (Å²) in [6.07, 6.45) is 0.923. The predicted molar refractivity (Wildman–Crippen MR) is 92.0 cm³/mol. The van der Waals surface area contributed by atoms with E-state index in [1.807, 2.05) is 23.9 Å². The van der Waals surface area contributed by atoms with Gasteiger partial charge < -0.3 is 10.5 Å². The zero-order valence-corrected chi connectivity index (χ0v) is 13.4. The van der Waals surface area contributed by atoms with E-state index in [0.717, 1.165) is 30.3 Å². The molecule has 0 aliphatic heterocycles. The van der Waals surface area contributed by atoms with Crippen LogP contribution in [0.15, 0.2) is 48.5 Å². The van der Waals surface area contributed by atoms with Crippen molar-refractivity contribution < 1.29 is 4.74 Å². The van der Waals surface area contributed by atoms with Crippen molar-refractivity contribution in [3.05, 3.63) is 65.2 Å². The molecule has 0 saturated carbocycles. The number of rotatable bonds is 8. The van der Waals surface area contributed by atoms with Gasteiger partial charge in [0, 0.05) is 11.5 Å². The maximum absolute atomic E-state index is 5.76. The number of hydrogen-bond acceptors (Lipinski definition) is 3. The second-order valence-corrected chi connectivity index (χ2v) is 6.12. The Bertz CT molecular complexity index is 539. The molecule has 0 atom stereocenters. The fourth-order valence-electron chi connectivity index (χ4n) is 2.09. The van der Waals surface area contributed by atoms with Crippen LogP contribution in [0.4, 0.5) is 0 Å². The fourth-order valence-corrected chi connectivity index (χ4v) is 2.98. The van der Waals surface area contributed by atoms with Crippen LogP contribution in [-0.4, -0.2) is 18.9 Å². The Balaban J connectivity index is 1.66. The summed E-state index contributed by atoms with van der Waals surface area (Å²) in [5, 5.41) is 0. The molecule has 0 saturated heterocycles. The van der Waals surface area contributed by atoms with Gasteiger partial charge in [0.1, 0.15) is 5.75 Å². The number of benzene rings is 2. The van der Waals surface area contributed by atoms with Crippen molar-refractivity contribution in [2.75, 3.05) is 18.9 Å². The van der Waals surface area contributed by atoms with Crippen LogP contribution in [0.25, 0.3) is 0 Å². The van der Waals surface area contributed by atoms with Crippen molar-refractivity contribution in [3.8, 4) is 5.75 Å². The van der Waals surface area contributed by atoms with Gasteiger partial charge in [0.2, 0.25) is 0 Å². The summed E-state index contributed by atoms with van der Waals surface area (Å²) in [5.41, 5.74) is 9.57. The van der Waals surface area contributed by atoms with Gasteiger partial charge in [-0.25, -0.2) is 0 Å². The SMILES string of the molecule is Cc1ccccc1CSCCOc1ccc(CCN)cc1. The van der Waals surface area contributed by atoms with Gasteiger partial charge in [-0.3, -0.25) is 0 Å². The minimum atomic E-state index is 0.690. The first-order chi connectivity index (χ1) is 10.3. The molecule has 0 spiro atoms. The van der Waals surface area contributed by atoms with Crippen LogP contribution in [0.1, 0.15) is 16.7 Å². The summed E-state index contributed by atoms with van der Waals surface area (Å²) in [6.45, 7) is 3.60. The normalized spacial score (nSPS) is 10.6. The molecule has 2 N–H and O–H groups in total. The molecular weight excluding hydrogens is 278 g/mol. The molecule has 0 aliphatic carbocycles. The molecule has 0 unspecified atom stereocenters. The molecular formula is C18H23NOS. The molecule has 2 nitrogen and oxygen atoms in total. The lowest BCUT2D eigenvalue weighted by Crippen LogP contribution is -2.03. The molecule has 0 aromatic heterocycles. The second-order valence-electron chi connectivity index (χ2n) is 5.01. The Hall–Kier alpha value is -1.45. The summed E-state index contributed by atoms with van der Waals surface area (Å²) in [5.74, 6) is 2.98. The molecule has 2 aromatic carbocycles. The highest BCUT2D eigenvalue weighted by Crippen LogP contribution is 2.17. The lowest BCUT2D eigenvalue weighted by Gasteiger charge is -2.08. The van der Waals surface area contributed by atoms with E-state index in [4.69, 9.17) is 10.5 Å². The van der Waals surface area contributed by atoms with Crippen LogP contribution in [-0.2, 0) is 12.2 Å². The first kappa shape index (κ1) is 15.9. The van der Waals surface area contributed by atoms with Gasteiger partial charge in [-0.15, -0.1) is 0 Å². The lowest BCUT2D eigenvalue weighted by molar-refractivity contribution is 0.344. The molecule has 3 heteroatoms. The Kier molecular flexibility index (Phi) is 6.64. The van der Waals surface area contributed by atoms with E-state index in [1.54, 1.807) is 0 Å². The first-order valence-corrected chi connectivity index (χ1v) is 8.49. The second kappa shape index (κ2) is 8.75. The van der Waals surface area contributed by atoms with Crippen LogP contribution in [0.2, 0.25) is 0 Å². The highest BCUT2D eigenvalue weighted by molar-refractivity contribution is 7.98. The smallest absolute Gasteiger partial charge is 0.119 e. The van der Waals surface area contributed by atoms with Gasteiger partial charge in [0.15, 0.2) is 0 Å². The molecule has 0 amide bonds. The highest BCUT2D eigenvalue weighted by Gasteiger charge is 1.98. The number of nitrogens with two attached hydrogens (primary N) is 1. The van der Waals surface area contributed by atoms with Gasteiger partial charge in [-0.05, 0) is 48.7 Å². The average Bonchev–Trinajstić information content (AvgIpc) is 2.51. The van der Waals surface area contributed by atoms with Gasteiger partial charge in [0.05, 0.1) is 6.61 Å². The number of thioether (sulfide) groups is 1. The van der Waals surface area contributed by atoms with E-state index in [-0.39, 0.29) is 0 Å². The van der Waals surface area contributed by atoms with Crippen LogP contribution in [0.5, 0.6) is 5.75 Å². The van der Waals surface area contributed by atoms with Crippen LogP contribution >= 0.6 is 11.8 Å². The van der Waals surface area contributed by atoms with Gasteiger partial charge in [-0.2, -0.15) is 11.8 Å². The van der Waals surface area contributed by atoms with E-state index < -0.39 is 0 Å². The fraction of sp³-hybridized carbons (Fsp3) is 0.333. The third-order valence-electron chi connectivity index (χ3n) is 3.37. The maximum Gasteiger partial charge on any atom is 0.119 e. The summed E-state index contributed by atoms with van der Waals surface area (Å²) in [6, 6.07) is 16.8. The van der Waals surface area contributed by atoms with E-state index >= 15 is 0 Å². The van der Waals surface area contributed by atoms with Gasteiger partial charge in [-0.1, -0.05) is 36.4 Å². The maximum atomic E-state index is 5.76. The zero-order valence-electron chi connectivity index (χ0n) is 12.5. The van der Waals surface area contributed by atoms with Crippen molar-refractivity contribution in [3.63, 3.8) is 0 Å². The molecule has 2 rings (SSSR count). The van der Waals surface area contributed by atoms with E-state index in [0.29, 0.717) is 6.54 Å². The first-order valence-electron chi connectivity index (χ1n) is 7.33. The van der Waals surface area contributed by atoms with Crippen LogP contribution in [0.3, 0.4) is 0 Å². The summed E-state index contributed by atoms with van der Waals surface area (Å²) >= 11 is 1.91. The molecule has 0 bridgehead atoms. The average molecular weight is 301 g/mol. The minimum absolute atomic E-state index is 0.690. The predicted octanol–water partition coefficient (Wildman–Crippen LogP) is 3.81. The number of hydrogen-bond donors (Lipinski definition) is 1. The van der Waals surface area contributed by atoms with Gasteiger partial charge >= 0.3 is 0 Å². The lowest BCUT2D eigenvalue weighted by atomic mass is 10.1. The van der Waals surface area contributed by atoms with Crippen molar-refractivity contribution in [1.82, 2.24) is 0 Å². The third-order valence-corrected chi connectivity index (χ3v) is 4.34. The Morgan fingerprint density at radius 3 is 2.52 bits per heavy atom. The summed E-state index contributed by atoms with van der Waals surface area (Å²) < 4.78 is 5.76. The Morgan fingerprint density at radius 2 is 1.81 bits per heavy atom. The van der Waals surface area contributed by atoms with Crippen molar-refractivity contribution >= 4 is 11.8 Å². The molecule has 0 fully saturated rings. The van der Waals surface area contributed by atoms with E-state index in [9.17, 15) is 0 Å². The molecule has 21 heavy (non-hydrogen) atoms. The van der Waals surface area contributed by atoms with Crippen molar-refractivity contribution in [2.24, 2.45) is 5.73 Å². The van der Waals surface area contributed by atoms with E-state index in [2.05, 4.69) is 43.3 Å². The summed E-state index contributed by atoms with van der Waals surface area (Å²) in [4.78, 5) is 0. The van der Waals surface area contributed by atoms with E-state index in [1.165, 1.54) is 16.7 Å². The molecule has 0 aliphatic rings. The van der Waals surface area contributed by atoms with Crippen LogP contribution < -0.4 is 10.5 Å². The number of ether oxygens (including phenoxy) is 1. The van der Waals surface area contributed by atoms with Crippen LogP contribution in [0, 0.1) is 6.92 Å². The topological polar surface area (TPSA) is 35.2 Å². The minimum Gasteiger partial charge on any atom is -0.493 e.